The minimum Gasteiger partial charge on any atom is -0.143 e. The smallest absolute Gasteiger partial charge is 0.0151 e. The maximum atomic E-state index is 4.50. The fraction of sp³-hybridized carbons (Fsp3) is 0.273. The van der Waals surface area contributed by atoms with Crippen molar-refractivity contribution in [1.82, 2.24) is 0 Å². The molecule has 2 aliphatic carbocycles. The van der Waals surface area contributed by atoms with Crippen molar-refractivity contribution < 1.29 is 0 Å². The molecule has 0 saturated carbocycles. The highest BCUT2D eigenvalue weighted by Crippen LogP contribution is 2.42. The molecule has 0 atom stereocenters. The Hall–Kier alpha value is -0.690. The van der Waals surface area contributed by atoms with Gasteiger partial charge in [-0.25, -0.2) is 0 Å². The molecule has 0 aromatic carbocycles. The molecular weight excluding hydrogens is 164 g/mol. The number of rotatable bonds is 0. The molecule has 0 unspecified atom stereocenters. The molecule has 0 amide bonds. The van der Waals surface area contributed by atoms with Crippen LogP contribution in [-0.4, -0.2) is 0 Å². The van der Waals surface area contributed by atoms with Crippen molar-refractivity contribution in [2.75, 3.05) is 0 Å². The van der Waals surface area contributed by atoms with Crippen LogP contribution in [0.5, 0.6) is 0 Å². The van der Waals surface area contributed by atoms with E-state index >= 15 is 0 Å². The molecule has 2 rings (SSSR count). The average molecular weight is 176 g/mol. The molecule has 0 heterocycles. The van der Waals surface area contributed by atoms with Crippen LogP contribution in [0.2, 0.25) is 0 Å². The normalized spacial score (nSPS) is 21.7. The minimum absolute atomic E-state index is 1.15. The number of allylic oxidation sites excluding steroid dienone is 7. The standard InChI is InChI=1S/C11H12S/c1-6-4-9-7(2)8(3)11(12)10(9)5-6/h4-5,12H,1-3H3. The van der Waals surface area contributed by atoms with Crippen LogP contribution in [0.25, 0.3) is 0 Å². The van der Waals surface area contributed by atoms with Gasteiger partial charge in [-0.05, 0) is 48.6 Å². The monoisotopic (exact) mass is 176 g/mol. The van der Waals surface area contributed by atoms with E-state index in [1.165, 1.54) is 27.9 Å². The second-order valence-electron chi connectivity index (χ2n) is 3.46. The quantitative estimate of drug-likeness (QED) is 0.537. The summed E-state index contributed by atoms with van der Waals surface area (Å²) in [5, 5.41) is 0. The van der Waals surface area contributed by atoms with Gasteiger partial charge in [0.25, 0.3) is 0 Å². The van der Waals surface area contributed by atoms with Crippen LogP contribution in [0, 0.1) is 0 Å². The van der Waals surface area contributed by atoms with Gasteiger partial charge in [0.05, 0.1) is 0 Å². The van der Waals surface area contributed by atoms with Crippen molar-refractivity contribution in [3.8, 4) is 0 Å². The highest BCUT2D eigenvalue weighted by atomic mass is 32.1. The predicted molar refractivity (Wildman–Crippen MR) is 56.2 cm³/mol. The highest BCUT2D eigenvalue weighted by Gasteiger charge is 2.23. The maximum absolute atomic E-state index is 4.50. The second kappa shape index (κ2) is 2.40. The minimum atomic E-state index is 1.15. The van der Waals surface area contributed by atoms with Gasteiger partial charge in [0, 0.05) is 4.91 Å². The predicted octanol–water partition coefficient (Wildman–Crippen LogP) is 3.41. The van der Waals surface area contributed by atoms with Gasteiger partial charge in [0.2, 0.25) is 0 Å². The first-order valence-electron chi connectivity index (χ1n) is 4.13. The van der Waals surface area contributed by atoms with Crippen LogP contribution in [0.15, 0.2) is 44.9 Å². The van der Waals surface area contributed by atoms with Gasteiger partial charge in [0.1, 0.15) is 0 Å². The topological polar surface area (TPSA) is 0 Å². The molecule has 0 radical (unpaired) electrons. The zero-order valence-electron chi connectivity index (χ0n) is 7.60. The molecule has 12 heavy (non-hydrogen) atoms. The van der Waals surface area contributed by atoms with E-state index in [0.29, 0.717) is 0 Å². The van der Waals surface area contributed by atoms with E-state index in [2.05, 4.69) is 45.6 Å². The molecule has 62 valence electrons. The lowest BCUT2D eigenvalue weighted by atomic mass is 10.1. The van der Waals surface area contributed by atoms with Gasteiger partial charge in [-0.15, -0.1) is 12.6 Å². The largest absolute Gasteiger partial charge is 0.143 e. The van der Waals surface area contributed by atoms with Crippen LogP contribution in [0.4, 0.5) is 0 Å². The van der Waals surface area contributed by atoms with Crippen molar-refractivity contribution >= 4 is 12.6 Å². The summed E-state index contributed by atoms with van der Waals surface area (Å²) in [6.45, 7) is 6.42. The van der Waals surface area contributed by atoms with Crippen LogP contribution in [0.1, 0.15) is 20.8 Å². The van der Waals surface area contributed by atoms with Crippen LogP contribution in [-0.2, 0) is 0 Å². The number of thiol groups is 1. The Morgan fingerprint density at radius 3 is 2.25 bits per heavy atom. The van der Waals surface area contributed by atoms with E-state index in [9.17, 15) is 0 Å². The van der Waals surface area contributed by atoms with Crippen molar-refractivity contribution in [3.63, 3.8) is 0 Å². The summed E-state index contributed by atoms with van der Waals surface area (Å²) >= 11 is 4.50. The summed E-state index contributed by atoms with van der Waals surface area (Å²) in [6.07, 6.45) is 4.44. The van der Waals surface area contributed by atoms with Crippen molar-refractivity contribution in [1.29, 1.82) is 0 Å². The number of hydrogen-bond acceptors (Lipinski definition) is 1. The lowest BCUT2D eigenvalue weighted by molar-refractivity contribution is 1.35. The first kappa shape index (κ1) is 7.93. The van der Waals surface area contributed by atoms with E-state index in [0.717, 1.165) is 4.91 Å². The highest BCUT2D eigenvalue weighted by molar-refractivity contribution is 7.84. The fourth-order valence-corrected chi connectivity index (χ4v) is 2.09. The molecule has 0 N–H and O–H groups in total. The van der Waals surface area contributed by atoms with Gasteiger partial charge in [-0.3, -0.25) is 0 Å². The molecule has 0 fully saturated rings. The molecule has 2 aliphatic rings. The molecule has 0 nitrogen and oxygen atoms in total. The summed E-state index contributed by atoms with van der Waals surface area (Å²) in [5.41, 5.74) is 6.71. The van der Waals surface area contributed by atoms with E-state index in [-0.39, 0.29) is 0 Å². The summed E-state index contributed by atoms with van der Waals surface area (Å²) < 4.78 is 0. The Bertz CT molecular complexity index is 376. The van der Waals surface area contributed by atoms with E-state index < -0.39 is 0 Å². The molecular formula is C11H12S. The fourth-order valence-electron chi connectivity index (χ4n) is 1.74. The van der Waals surface area contributed by atoms with E-state index in [1.54, 1.807) is 0 Å². The average Bonchev–Trinajstić information content (AvgIpc) is 2.49. The molecule has 0 spiro atoms. The third-order valence-electron chi connectivity index (χ3n) is 2.61. The molecule has 0 bridgehead atoms. The van der Waals surface area contributed by atoms with E-state index in [4.69, 9.17) is 0 Å². The lowest BCUT2D eigenvalue weighted by Gasteiger charge is -1.95. The SMILES string of the molecule is CC1=CC2=C(C)C(C)=C(S)C2=C1. The van der Waals surface area contributed by atoms with E-state index in [1.807, 2.05) is 0 Å². The van der Waals surface area contributed by atoms with Gasteiger partial charge in [0.15, 0.2) is 0 Å². The molecule has 0 aromatic heterocycles. The van der Waals surface area contributed by atoms with Crippen LogP contribution < -0.4 is 0 Å². The third kappa shape index (κ3) is 0.862. The van der Waals surface area contributed by atoms with Crippen LogP contribution in [0.3, 0.4) is 0 Å². The van der Waals surface area contributed by atoms with Gasteiger partial charge < -0.3 is 0 Å². The van der Waals surface area contributed by atoms with Crippen molar-refractivity contribution in [2.24, 2.45) is 0 Å². The summed E-state index contributed by atoms with van der Waals surface area (Å²) in [6, 6.07) is 0. The zero-order valence-corrected chi connectivity index (χ0v) is 8.50. The molecule has 0 aliphatic heterocycles. The van der Waals surface area contributed by atoms with Gasteiger partial charge >= 0.3 is 0 Å². The van der Waals surface area contributed by atoms with Gasteiger partial charge in [-0.2, -0.15) is 0 Å². The van der Waals surface area contributed by atoms with Crippen LogP contribution >= 0.6 is 12.6 Å². The lowest BCUT2D eigenvalue weighted by Crippen LogP contribution is -1.76. The zero-order chi connectivity index (χ0) is 8.88. The summed E-state index contributed by atoms with van der Waals surface area (Å²) in [5.74, 6) is 0. The Labute approximate surface area is 78.8 Å². The Kier molecular flexibility index (Phi) is 1.58. The van der Waals surface area contributed by atoms with Crippen molar-refractivity contribution in [3.05, 3.63) is 44.9 Å². The Balaban J connectivity index is 2.63. The number of fused-ring (bicyclic) bond motifs is 1. The first-order chi connectivity index (χ1) is 5.61. The third-order valence-corrected chi connectivity index (χ3v) is 3.19. The molecule has 0 aromatic rings. The second-order valence-corrected chi connectivity index (χ2v) is 3.91. The van der Waals surface area contributed by atoms with Gasteiger partial charge in [-0.1, -0.05) is 12.2 Å². The molecule has 0 saturated heterocycles. The molecule has 1 heteroatoms. The van der Waals surface area contributed by atoms with Crippen molar-refractivity contribution in [2.45, 2.75) is 20.8 Å². The number of hydrogen-bond donors (Lipinski definition) is 1. The Morgan fingerprint density at radius 1 is 1.00 bits per heavy atom. The Morgan fingerprint density at radius 2 is 1.67 bits per heavy atom. The maximum Gasteiger partial charge on any atom is 0.0151 e. The summed E-state index contributed by atoms with van der Waals surface area (Å²) in [4.78, 5) is 1.15. The first-order valence-corrected chi connectivity index (χ1v) is 4.58. The summed E-state index contributed by atoms with van der Waals surface area (Å²) in [7, 11) is 0.